The van der Waals surface area contributed by atoms with Crippen LogP contribution in [0.5, 0.6) is 0 Å². The lowest BCUT2D eigenvalue weighted by Crippen LogP contribution is -2.55. The molecule has 1 aliphatic carbocycles. The number of amides is 1. The number of nitrogens with one attached hydrogen (secondary N) is 3. The van der Waals surface area contributed by atoms with Crippen molar-refractivity contribution in [1.82, 2.24) is 25.2 Å². The molecule has 3 aliphatic rings. The number of H-pyrrole nitrogens is 2. The molecule has 0 spiro atoms. The highest BCUT2D eigenvalue weighted by Crippen LogP contribution is 2.41. The Morgan fingerprint density at radius 2 is 1.73 bits per heavy atom. The van der Waals surface area contributed by atoms with Crippen molar-refractivity contribution < 1.29 is 14.3 Å². The topological polar surface area (TPSA) is 103 Å². The summed E-state index contributed by atoms with van der Waals surface area (Å²) in [5.74, 6) is 0.868. The summed E-state index contributed by atoms with van der Waals surface area (Å²) >= 11 is 0. The van der Waals surface area contributed by atoms with E-state index in [9.17, 15) is 9.59 Å². The molecule has 0 unspecified atom stereocenters. The third kappa shape index (κ3) is 6.39. The quantitative estimate of drug-likeness (QED) is 0.105. The van der Waals surface area contributed by atoms with Gasteiger partial charge in [0.1, 0.15) is 0 Å². The van der Waals surface area contributed by atoms with Gasteiger partial charge < -0.3 is 24.9 Å². The number of hydrogen-bond donors (Lipinski definition) is 3. The average Bonchev–Trinajstić information content (AvgIpc) is 3.71. The lowest BCUT2D eigenvalue weighted by atomic mass is 9.76. The second-order valence-corrected chi connectivity index (χ2v) is 15.1. The van der Waals surface area contributed by atoms with E-state index >= 15 is 0 Å². The SMILES string of the molecule is COC(=O)c1nc2ccc(CCNC[C@@H](C)c3c(-c4cc(C)cc(C)c4)[nH]c4ccc(C(C)(C)C(=O)N5CC6CCC5CC6)cc34)cc2[nH]1. The minimum Gasteiger partial charge on any atom is -0.463 e. The van der Waals surface area contributed by atoms with Gasteiger partial charge in [-0.3, -0.25) is 4.79 Å². The van der Waals surface area contributed by atoms with Crippen LogP contribution in [0.1, 0.15) is 90.8 Å². The Morgan fingerprint density at radius 3 is 2.43 bits per heavy atom. The number of esters is 1. The fraction of sp³-hybridized carbons (Fsp3) is 0.439. The summed E-state index contributed by atoms with van der Waals surface area (Å²) in [5.41, 5.74) is 10.4. The molecule has 1 atom stereocenters. The van der Waals surface area contributed by atoms with Crippen molar-refractivity contribution in [3.05, 3.63) is 88.2 Å². The summed E-state index contributed by atoms with van der Waals surface area (Å²) in [5, 5.41) is 4.90. The van der Waals surface area contributed by atoms with Crippen molar-refractivity contribution in [1.29, 1.82) is 0 Å². The van der Waals surface area contributed by atoms with Crippen LogP contribution in [0.3, 0.4) is 0 Å². The van der Waals surface area contributed by atoms with Gasteiger partial charge in [0.05, 0.1) is 29.3 Å². The first-order valence-corrected chi connectivity index (χ1v) is 17.9. The van der Waals surface area contributed by atoms with E-state index < -0.39 is 11.4 Å². The second-order valence-electron chi connectivity index (χ2n) is 15.1. The molecular formula is C41H49N5O3. The number of imidazole rings is 1. The Labute approximate surface area is 289 Å². The molecule has 1 amide bonds. The summed E-state index contributed by atoms with van der Waals surface area (Å²) in [6, 6.07) is 19.8. The molecule has 8 heteroatoms. The van der Waals surface area contributed by atoms with E-state index in [0.29, 0.717) is 12.0 Å². The molecule has 8 nitrogen and oxygen atoms in total. The lowest BCUT2D eigenvalue weighted by Gasteiger charge is -2.47. The third-order valence-electron chi connectivity index (χ3n) is 11.0. The van der Waals surface area contributed by atoms with Crippen molar-refractivity contribution in [3.8, 4) is 11.3 Å². The van der Waals surface area contributed by atoms with E-state index in [-0.39, 0.29) is 17.6 Å². The first kappa shape index (κ1) is 33.1. The minimum absolute atomic E-state index is 0.203. The number of rotatable bonds is 10. The number of benzene rings is 3. The molecule has 3 aromatic carbocycles. The van der Waals surface area contributed by atoms with Crippen molar-refractivity contribution >= 4 is 33.8 Å². The number of aromatic nitrogens is 3. The molecule has 2 aromatic heterocycles. The number of nitrogens with zero attached hydrogens (tertiary/aromatic N) is 2. The van der Waals surface area contributed by atoms with Crippen LogP contribution in [0.2, 0.25) is 0 Å². The summed E-state index contributed by atoms with van der Waals surface area (Å²) in [6.07, 6.45) is 5.65. The standard InChI is InChI=1S/C41H49N5O3/c1-24-17-25(2)19-29(18-24)37-36(26(3)22-42-16-15-27-9-13-34-35(20-27)45-38(44-34)39(47)49-6)32-21-30(10-14-33(32)43-37)41(4,5)40(48)46-23-28-7-11-31(46)12-8-28/h9-10,13-14,17-21,26,28,31,42-43H,7-8,11-12,15-16,22-23H2,1-6H3,(H,44,45)/t26-,28?,31?/m1/s1. The molecule has 2 bridgehead atoms. The van der Waals surface area contributed by atoms with Crippen molar-refractivity contribution in [2.75, 3.05) is 26.7 Å². The molecule has 3 fully saturated rings. The van der Waals surface area contributed by atoms with E-state index in [1.807, 2.05) is 6.07 Å². The molecule has 3 N–H and O–H groups in total. The molecule has 49 heavy (non-hydrogen) atoms. The largest absolute Gasteiger partial charge is 0.463 e. The van der Waals surface area contributed by atoms with Crippen molar-refractivity contribution in [2.45, 2.75) is 84.1 Å². The molecule has 256 valence electrons. The van der Waals surface area contributed by atoms with Crippen LogP contribution in [-0.2, 0) is 21.4 Å². The summed E-state index contributed by atoms with van der Waals surface area (Å²) < 4.78 is 4.81. The van der Waals surface area contributed by atoms with Gasteiger partial charge in [0.15, 0.2) is 0 Å². The number of piperidine rings is 2. The number of methoxy groups -OCH3 is 1. The Hall–Kier alpha value is -4.43. The number of ether oxygens (including phenoxy) is 1. The second kappa shape index (κ2) is 13.1. The molecule has 2 saturated heterocycles. The molecule has 8 rings (SSSR count). The molecule has 1 saturated carbocycles. The zero-order valence-corrected chi connectivity index (χ0v) is 29.7. The Morgan fingerprint density at radius 1 is 0.980 bits per heavy atom. The van der Waals surface area contributed by atoms with Crippen LogP contribution >= 0.6 is 0 Å². The van der Waals surface area contributed by atoms with E-state index in [0.717, 1.165) is 72.3 Å². The molecule has 5 aromatic rings. The lowest BCUT2D eigenvalue weighted by molar-refractivity contribution is -0.144. The van der Waals surface area contributed by atoms with Gasteiger partial charge in [-0.2, -0.15) is 0 Å². The Bertz CT molecular complexity index is 2010. The third-order valence-corrected chi connectivity index (χ3v) is 11.0. The van der Waals surface area contributed by atoms with E-state index in [2.05, 4.69) is 108 Å². The monoisotopic (exact) mass is 659 g/mol. The number of fused-ring (bicyclic) bond motifs is 5. The van der Waals surface area contributed by atoms with Gasteiger partial charge in [0.2, 0.25) is 11.7 Å². The maximum Gasteiger partial charge on any atom is 0.374 e. The van der Waals surface area contributed by atoms with Crippen LogP contribution in [-0.4, -0.2) is 64.5 Å². The maximum atomic E-state index is 14.2. The zero-order valence-electron chi connectivity index (χ0n) is 29.7. The number of carbonyl (C=O) groups is 2. The van der Waals surface area contributed by atoms with Crippen LogP contribution in [0.25, 0.3) is 33.2 Å². The van der Waals surface area contributed by atoms with Gasteiger partial charge in [-0.1, -0.05) is 36.2 Å². The number of aryl methyl sites for hydroxylation is 2. The summed E-state index contributed by atoms with van der Waals surface area (Å²) in [7, 11) is 1.36. The van der Waals surface area contributed by atoms with Crippen LogP contribution in [0.4, 0.5) is 0 Å². The van der Waals surface area contributed by atoms with Crippen LogP contribution in [0, 0.1) is 19.8 Å². The summed E-state index contributed by atoms with van der Waals surface area (Å²) in [6.45, 7) is 13.3. The van der Waals surface area contributed by atoms with Gasteiger partial charge in [-0.05, 0) is 137 Å². The predicted molar refractivity (Wildman–Crippen MR) is 196 cm³/mol. The van der Waals surface area contributed by atoms with Crippen molar-refractivity contribution in [2.24, 2.45) is 5.92 Å². The number of carbonyl (C=O) groups excluding carboxylic acids is 2. The fourth-order valence-corrected chi connectivity index (χ4v) is 8.32. The van der Waals surface area contributed by atoms with Crippen LogP contribution in [0.15, 0.2) is 54.6 Å². The number of hydrogen-bond acceptors (Lipinski definition) is 5. The van der Waals surface area contributed by atoms with Gasteiger partial charge in [0, 0.05) is 30.0 Å². The predicted octanol–water partition coefficient (Wildman–Crippen LogP) is 7.73. The molecule has 2 aliphatic heterocycles. The van der Waals surface area contributed by atoms with Gasteiger partial charge in [0.25, 0.3) is 0 Å². The highest BCUT2D eigenvalue weighted by atomic mass is 16.5. The smallest absolute Gasteiger partial charge is 0.374 e. The van der Waals surface area contributed by atoms with Crippen molar-refractivity contribution in [3.63, 3.8) is 0 Å². The first-order valence-electron chi connectivity index (χ1n) is 17.9. The van der Waals surface area contributed by atoms with Gasteiger partial charge in [-0.15, -0.1) is 0 Å². The zero-order chi connectivity index (χ0) is 34.4. The van der Waals surface area contributed by atoms with Crippen LogP contribution < -0.4 is 5.32 Å². The van der Waals surface area contributed by atoms with Gasteiger partial charge >= 0.3 is 5.97 Å². The summed E-state index contributed by atoms with van der Waals surface area (Å²) in [4.78, 5) is 39.5. The fourth-order valence-electron chi connectivity index (χ4n) is 8.32. The Kier molecular flexibility index (Phi) is 8.86. The number of aromatic amines is 2. The molecule has 0 radical (unpaired) electrons. The van der Waals surface area contributed by atoms with E-state index in [1.165, 1.54) is 47.6 Å². The van der Waals surface area contributed by atoms with E-state index in [1.54, 1.807) is 0 Å². The maximum absolute atomic E-state index is 14.2. The molecular weight excluding hydrogens is 610 g/mol. The minimum atomic E-state index is -0.616. The highest BCUT2D eigenvalue weighted by Gasteiger charge is 2.42. The first-order chi connectivity index (χ1) is 23.5. The Balaban J connectivity index is 1.14. The van der Waals surface area contributed by atoms with E-state index in [4.69, 9.17) is 4.74 Å². The average molecular weight is 660 g/mol. The van der Waals surface area contributed by atoms with Gasteiger partial charge in [-0.25, -0.2) is 9.78 Å². The normalized spacial score (nSPS) is 18.4. The molecule has 4 heterocycles. The highest BCUT2D eigenvalue weighted by molar-refractivity contribution is 5.95.